The van der Waals surface area contributed by atoms with Crippen molar-refractivity contribution in [1.82, 2.24) is 4.90 Å². The number of piperidine rings is 1. The predicted molar refractivity (Wildman–Crippen MR) is 98.0 cm³/mol. The Morgan fingerprint density at radius 2 is 1.96 bits per heavy atom. The number of amides is 1. The SMILES string of the molecule is C#CCN1CCC(C(=O)N(c2ccccc2)[C@@H](CC)C(=O)OC)CC1. The van der Waals surface area contributed by atoms with Crippen LogP contribution in [-0.4, -0.2) is 49.6 Å². The maximum Gasteiger partial charge on any atom is 0.328 e. The van der Waals surface area contributed by atoms with Gasteiger partial charge in [0.1, 0.15) is 6.04 Å². The topological polar surface area (TPSA) is 49.9 Å². The van der Waals surface area contributed by atoms with E-state index in [2.05, 4.69) is 10.8 Å². The van der Waals surface area contributed by atoms with Crippen LogP contribution in [0.5, 0.6) is 0 Å². The van der Waals surface area contributed by atoms with Crippen molar-refractivity contribution in [3.05, 3.63) is 30.3 Å². The van der Waals surface area contributed by atoms with E-state index in [-0.39, 0.29) is 17.8 Å². The molecule has 0 spiro atoms. The van der Waals surface area contributed by atoms with Gasteiger partial charge in [0.25, 0.3) is 0 Å². The van der Waals surface area contributed by atoms with Crippen LogP contribution in [0.15, 0.2) is 30.3 Å². The Morgan fingerprint density at radius 3 is 2.48 bits per heavy atom. The molecule has 1 atom stereocenters. The molecule has 5 heteroatoms. The highest BCUT2D eigenvalue weighted by atomic mass is 16.5. The first-order valence-electron chi connectivity index (χ1n) is 8.74. The Morgan fingerprint density at radius 1 is 1.32 bits per heavy atom. The maximum absolute atomic E-state index is 13.2. The van der Waals surface area contributed by atoms with Crippen molar-refractivity contribution in [2.45, 2.75) is 32.2 Å². The van der Waals surface area contributed by atoms with Crippen molar-refractivity contribution >= 4 is 17.6 Å². The molecular formula is C20H26N2O3. The molecule has 0 radical (unpaired) electrons. The summed E-state index contributed by atoms with van der Waals surface area (Å²) >= 11 is 0. The third-order valence-electron chi connectivity index (χ3n) is 4.70. The minimum absolute atomic E-state index is 0.0104. The fourth-order valence-electron chi connectivity index (χ4n) is 3.30. The molecule has 1 amide bonds. The number of carbonyl (C=O) groups is 2. The third kappa shape index (κ3) is 4.61. The molecule has 1 aliphatic rings. The number of carbonyl (C=O) groups excluding carboxylic acids is 2. The molecule has 5 nitrogen and oxygen atoms in total. The van der Waals surface area contributed by atoms with Gasteiger partial charge in [0.05, 0.1) is 13.7 Å². The summed E-state index contributed by atoms with van der Waals surface area (Å²) in [6.45, 7) is 4.11. The number of benzene rings is 1. The van der Waals surface area contributed by atoms with Crippen LogP contribution in [0, 0.1) is 18.3 Å². The zero-order chi connectivity index (χ0) is 18.2. The Labute approximate surface area is 149 Å². The van der Waals surface area contributed by atoms with Gasteiger partial charge >= 0.3 is 5.97 Å². The van der Waals surface area contributed by atoms with E-state index >= 15 is 0 Å². The molecule has 0 aromatic heterocycles. The highest BCUT2D eigenvalue weighted by Gasteiger charge is 2.35. The summed E-state index contributed by atoms with van der Waals surface area (Å²) in [6.07, 6.45) is 7.37. The number of terminal acetylenes is 1. The maximum atomic E-state index is 13.2. The second-order valence-electron chi connectivity index (χ2n) is 6.25. The van der Waals surface area contributed by atoms with Gasteiger partial charge in [0, 0.05) is 11.6 Å². The molecule has 1 fully saturated rings. The van der Waals surface area contributed by atoms with Gasteiger partial charge in [0.15, 0.2) is 0 Å². The van der Waals surface area contributed by atoms with E-state index in [0.717, 1.165) is 31.6 Å². The molecule has 0 unspecified atom stereocenters. The van der Waals surface area contributed by atoms with E-state index in [1.54, 1.807) is 4.90 Å². The summed E-state index contributed by atoms with van der Waals surface area (Å²) in [7, 11) is 1.36. The lowest BCUT2D eigenvalue weighted by Crippen LogP contribution is -2.50. The van der Waals surface area contributed by atoms with Gasteiger partial charge in [-0.3, -0.25) is 14.6 Å². The first-order valence-corrected chi connectivity index (χ1v) is 8.74. The highest BCUT2D eigenvalue weighted by Crippen LogP contribution is 2.26. The van der Waals surface area contributed by atoms with Gasteiger partial charge in [-0.2, -0.15) is 0 Å². The molecule has 1 heterocycles. The number of likely N-dealkylation sites (tertiary alicyclic amines) is 1. The summed E-state index contributed by atoms with van der Waals surface area (Å²) in [4.78, 5) is 29.3. The molecule has 0 aliphatic carbocycles. The highest BCUT2D eigenvalue weighted by molar-refractivity contribution is 6.00. The van der Waals surface area contributed by atoms with E-state index in [1.165, 1.54) is 7.11 Å². The summed E-state index contributed by atoms with van der Waals surface area (Å²) < 4.78 is 4.93. The van der Waals surface area contributed by atoms with Crippen LogP contribution in [0.2, 0.25) is 0 Å². The predicted octanol–water partition coefficient (Wildman–Crippen LogP) is 2.32. The average Bonchev–Trinajstić information content (AvgIpc) is 2.66. The van der Waals surface area contributed by atoms with E-state index < -0.39 is 6.04 Å². The second kappa shape index (κ2) is 9.24. The number of anilines is 1. The van der Waals surface area contributed by atoms with Crippen molar-refractivity contribution in [1.29, 1.82) is 0 Å². The molecule has 1 saturated heterocycles. The van der Waals surface area contributed by atoms with Gasteiger partial charge in [0.2, 0.25) is 5.91 Å². The quantitative estimate of drug-likeness (QED) is 0.588. The average molecular weight is 342 g/mol. The van der Waals surface area contributed by atoms with Gasteiger partial charge in [-0.15, -0.1) is 6.42 Å². The van der Waals surface area contributed by atoms with Crippen LogP contribution in [0.4, 0.5) is 5.69 Å². The monoisotopic (exact) mass is 342 g/mol. The first-order chi connectivity index (χ1) is 12.1. The normalized spacial score (nSPS) is 16.7. The van der Waals surface area contributed by atoms with Crippen molar-refractivity contribution in [2.24, 2.45) is 5.92 Å². The molecule has 0 N–H and O–H groups in total. The van der Waals surface area contributed by atoms with E-state index in [4.69, 9.17) is 11.2 Å². The van der Waals surface area contributed by atoms with Gasteiger partial charge in [-0.25, -0.2) is 4.79 Å². The summed E-state index contributed by atoms with van der Waals surface area (Å²) in [5, 5.41) is 0. The standard InChI is InChI=1S/C20H26N2O3/c1-4-13-21-14-11-16(12-15-21)19(23)22(17-9-7-6-8-10-17)18(5-2)20(24)25-3/h1,6-10,16,18H,5,11-15H2,2-3H3/t18-/m0/s1. The van der Waals surface area contributed by atoms with Crippen molar-refractivity contribution in [2.75, 3.05) is 31.6 Å². The molecule has 2 rings (SSSR count). The number of hydrogen-bond donors (Lipinski definition) is 0. The Balaban J connectivity index is 2.22. The number of ether oxygens (including phenoxy) is 1. The van der Waals surface area contributed by atoms with Crippen LogP contribution >= 0.6 is 0 Å². The second-order valence-corrected chi connectivity index (χ2v) is 6.25. The molecule has 1 aromatic carbocycles. The Hall–Kier alpha value is -2.32. The molecule has 1 aliphatic heterocycles. The summed E-state index contributed by atoms with van der Waals surface area (Å²) in [6, 6.07) is 8.74. The molecule has 0 bridgehead atoms. The largest absolute Gasteiger partial charge is 0.467 e. The van der Waals surface area contributed by atoms with Crippen molar-refractivity contribution < 1.29 is 14.3 Å². The van der Waals surface area contributed by atoms with Gasteiger partial charge in [-0.05, 0) is 44.5 Å². The van der Waals surface area contributed by atoms with Crippen LogP contribution < -0.4 is 4.90 Å². The lowest BCUT2D eigenvalue weighted by molar-refractivity contribution is -0.144. The lowest BCUT2D eigenvalue weighted by Gasteiger charge is -2.36. The number of rotatable bonds is 6. The Bertz CT molecular complexity index is 616. The minimum Gasteiger partial charge on any atom is -0.467 e. The van der Waals surface area contributed by atoms with E-state index in [9.17, 15) is 9.59 Å². The molecule has 25 heavy (non-hydrogen) atoms. The number of methoxy groups -OCH3 is 1. The van der Waals surface area contributed by atoms with Crippen molar-refractivity contribution in [3.63, 3.8) is 0 Å². The first kappa shape index (κ1) is 19.0. The van der Waals surface area contributed by atoms with Gasteiger partial charge in [-0.1, -0.05) is 31.0 Å². The molecule has 1 aromatic rings. The van der Waals surface area contributed by atoms with E-state index in [0.29, 0.717) is 13.0 Å². The van der Waals surface area contributed by atoms with E-state index in [1.807, 2.05) is 37.3 Å². The number of nitrogens with zero attached hydrogens (tertiary/aromatic N) is 2. The van der Waals surface area contributed by atoms with Crippen LogP contribution in [0.1, 0.15) is 26.2 Å². The summed E-state index contributed by atoms with van der Waals surface area (Å²) in [5.74, 6) is 2.15. The lowest BCUT2D eigenvalue weighted by atomic mass is 9.94. The molecule has 134 valence electrons. The number of esters is 1. The van der Waals surface area contributed by atoms with Crippen LogP contribution in [-0.2, 0) is 14.3 Å². The fraction of sp³-hybridized carbons (Fsp3) is 0.500. The number of para-hydroxylation sites is 1. The zero-order valence-electron chi connectivity index (χ0n) is 15.0. The fourth-order valence-corrected chi connectivity index (χ4v) is 3.30. The smallest absolute Gasteiger partial charge is 0.328 e. The Kier molecular flexibility index (Phi) is 7.03. The molecular weight excluding hydrogens is 316 g/mol. The van der Waals surface area contributed by atoms with Crippen molar-refractivity contribution in [3.8, 4) is 12.3 Å². The number of hydrogen-bond acceptors (Lipinski definition) is 4. The minimum atomic E-state index is -0.608. The van der Waals surface area contributed by atoms with Gasteiger partial charge < -0.3 is 4.74 Å². The zero-order valence-corrected chi connectivity index (χ0v) is 15.0. The van der Waals surface area contributed by atoms with Crippen LogP contribution in [0.25, 0.3) is 0 Å². The third-order valence-corrected chi connectivity index (χ3v) is 4.70. The molecule has 0 saturated carbocycles. The van der Waals surface area contributed by atoms with Crippen LogP contribution in [0.3, 0.4) is 0 Å². The summed E-state index contributed by atoms with van der Waals surface area (Å²) in [5.41, 5.74) is 0.732.